The first-order valence-electron chi connectivity index (χ1n) is 9.75. The quantitative estimate of drug-likeness (QED) is 0.297. The normalized spacial score (nSPS) is 18.1. The van der Waals surface area contributed by atoms with Crippen LogP contribution in [0, 0.1) is 0 Å². The van der Waals surface area contributed by atoms with Gasteiger partial charge < -0.3 is 19.6 Å². The minimum Gasteiger partial charge on any atom is -0.507 e. The second-order valence-electron chi connectivity index (χ2n) is 7.36. The second kappa shape index (κ2) is 9.37. The van der Waals surface area contributed by atoms with E-state index in [0.29, 0.717) is 36.6 Å². The van der Waals surface area contributed by atoms with Gasteiger partial charge in [-0.3, -0.25) is 14.6 Å². The molecule has 1 aliphatic rings. The smallest absolute Gasteiger partial charge is 0.295 e. The predicted octanol–water partition coefficient (Wildman–Crippen LogP) is 1.21. The Hall–Kier alpha value is -3.45. The molecule has 0 saturated carbocycles. The number of likely N-dealkylation sites (tertiary alicyclic amines) is 1. The van der Waals surface area contributed by atoms with Crippen LogP contribution in [0.1, 0.15) is 17.2 Å². The first kappa shape index (κ1) is 21.3. The molecule has 1 aliphatic heterocycles. The molecule has 1 atom stereocenters. The molecule has 2 heterocycles. The number of hydrogen-bond acceptors (Lipinski definition) is 5. The van der Waals surface area contributed by atoms with Crippen molar-refractivity contribution in [1.82, 2.24) is 9.88 Å². The van der Waals surface area contributed by atoms with Crippen LogP contribution in [-0.4, -0.2) is 60.5 Å². The minimum atomic E-state index is -0.693. The molecule has 0 aliphatic carbocycles. The highest BCUT2D eigenvalue weighted by molar-refractivity contribution is 6.46. The number of likely N-dealkylation sites (N-methyl/N-ethyl adjacent to an activating group) is 1. The lowest BCUT2D eigenvalue weighted by Gasteiger charge is -2.25. The third-order valence-electron chi connectivity index (χ3n) is 4.89. The Bertz CT molecular complexity index is 952. The average molecular weight is 408 g/mol. The number of carbonyl (C=O) groups excluding carboxylic acids is 2. The topological polar surface area (TPSA) is 84.2 Å². The number of benzene rings is 1. The van der Waals surface area contributed by atoms with Gasteiger partial charge in [-0.15, -0.1) is 0 Å². The third-order valence-corrected chi connectivity index (χ3v) is 4.89. The van der Waals surface area contributed by atoms with Crippen molar-refractivity contribution in [3.8, 4) is 5.75 Å². The molecule has 3 rings (SSSR count). The van der Waals surface area contributed by atoms with E-state index < -0.39 is 17.7 Å². The first-order chi connectivity index (χ1) is 14.4. The molecule has 1 aromatic heterocycles. The zero-order valence-electron chi connectivity index (χ0n) is 17.2. The lowest BCUT2D eigenvalue weighted by Crippen LogP contribution is -3.06. The minimum absolute atomic E-state index is 0.0708. The number of nitrogens with zero attached hydrogens (tertiary/aromatic N) is 2. The van der Waals surface area contributed by atoms with Gasteiger partial charge in [0.05, 0.1) is 38.8 Å². The molecule has 7 heteroatoms. The number of hydrogen-bond donors (Lipinski definition) is 2. The second-order valence-corrected chi connectivity index (χ2v) is 7.36. The summed E-state index contributed by atoms with van der Waals surface area (Å²) in [6, 6.07) is 9.58. The fraction of sp³-hybridized carbons (Fsp3) is 0.261. The van der Waals surface area contributed by atoms with Gasteiger partial charge in [-0.05, 0) is 35.9 Å². The van der Waals surface area contributed by atoms with Gasteiger partial charge >= 0.3 is 0 Å². The Morgan fingerprint density at radius 1 is 1.27 bits per heavy atom. The summed E-state index contributed by atoms with van der Waals surface area (Å²) in [6.07, 6.45) is 4.88. The van der Waals surface area contributed by atoms with E-state index in [-0.39, 0.29) is 11.3 Å². The summed E-state index contributed by atoms with van der Waals surface area (Å²) in [5.41, 5.74) is 1.19. The molecule has 0 spiro atoms. The van der Waals surface area contributed by atoms with E-state index in [4.69, 9.17) is 4.74 Å². The highest BCUT2D eigenvalue weighted by atomic mass is 16.5. The van der Waals surface area contributed by atoms with Crippen molar-refractivity contribution >= 4 is 17.4 Å². The molecule has 0 bridgehead atoms. The van der Waals surface area contributed by atoms with Gasteiger partial charge in [0.1, 0.15) is 18.1 Å². The van der Waals surface area contributed by atoms with Crippen molar-refractivity contribution in [2.75, 3.05) is 33.8 Å². The summed E-state index contributed by atoms with van der Waals surface area (Å²) < 4.78 is 5.46. The van der Waals surface area contributed by atoms with Crippen molar-refractivity contribution in [2.45, 2.75) is 6.04 Å². The lowest BCUT2D eigenvalue weighted by atomic mass is 9.96. The summed E-state index contributed by atoms with van der Waals surface area (Å²) in [6.45, 7) is 5.02. The van der Waals surface area contributed by atoms with Crippen molar-refractivity contribution in [3.63, 3.8) is 0 Å². The summed E-state index contributed by atoms with van der Waals surface area (Å²) in [7, 11) is 3.96. The molecular formula is C23H26N3O4+. The molecule has 7 nitrogen and oxygen atoms in total. The summed E-state index contributed by atoms with van der Waals surface area (Å²) in [4.78, 5) is 32.5. The number of quaternary nitrogens is 1. The zero-order chi connectivity index (χ0) is 21.7. The van der Waals surface area contributed by atoms with Gasteiger partial charge in [0, 0.05) is 18.0 Å². The lowest BCUT2D eigenvalue weighted by molar-refractivity contribution is -0.857. The number of amides is 1. The molecular weight excluding hydrogens is 382 g/mol. The van der Waals surface area contributed by atoms with E-state index >= 15 is 0 Å². The molecule has 156 valence electrons. The standard InChI is InChI=1S/C23H25N3O4/c1-4-14-30-18-9-7-16(8-10-18)21(27)19-20(17-6-5-11-24-15-17)26(13-12-25(2)3)23(29)22(19)28/h4-11,15,20,27H,1,12-14H2,2-3H3/p+1/t20-/m1/s1. The van der Waals surface area contributed by atoms with Crippen LogP contribution in [0.25, 0.3) is 5.76 Å². The van der Waals surface area contributed by atoms with Crippen LogP contribution >= 0.6 is 0 Å². The van der Waals surface area contributed by atoms with Crippen molar-refractivity contribution in [1.29, 1.82) is 0 Å². The van der Waals surface area contributed by atoms with Crippen LogP contribution in [-0.2, 0) is 9.59 Å². The summed E-state index contributed by atoms with van der Waals surface area (Å²) in [5, 5.41) is 11.0. The monoisotopic (exact) mass is 408 g/mol. The molecule has 0 radical (unpaired) electrons. The van der Waals surface area contributed by atoms with Gasteiger partial charge in [0.15, 0.2) is 0 Å². The highest BCUT2D eigenvalue weighted by Crippen LogP contribution is 2.38. The number of rotatable bonds is 8. The van der Waals surface area contributed by atoms with Gasteiger partial charge in [-0.1, -0.05) is 18.7 Å². The average Bonchev–Trinajstić information content (AvgIpc) is 3.01. The maximum Gasteiger partial charge on any atom is 0.295 e. The molecule has 1 fully saturated rings. The molecule has 0 unspecified atom stereocenters. The fourth-order valence-electron chi connectivity index (χ4n) is 3.36. The first-order valence-corrected chi connectivity index (χ1v) is 9.75. The Kier molecular flexibility index (Phi) is 6.64. The van der Waals surface area contributed by atoms with E-state index in [9.17, 15) is 14.7 Å². The number of ether oxygens (including phenoxy) is 1. The zero-order valence-corrected chi connectivity index (χ0v) is 17.2. The van der Waals surface area contributed by atoms with E-state index in [2.05, 4.69) is 11.6 Å². The Morgan fingerprint density at radius 3 is 2.60 bits per heavy atom. The number of aromatic nitrogens is 1. The maximum atomic E-state index is 12.9. The van der Waals surface area contributed by atoms with Crippen LogP contribution in [0.4, 0.5) is 0 Å². The predicted molar refractivity (Wildman–Crippen MR) is 113 cm³/mol. The van der Waals surface area contributed by atoms with E-state index in [1.54, 1.807) is 54.9 Å². The van der Waals surface area contributed by atoms with Gasteiger partial charge in [0.2, 0.25) is 0 Å². The number of aliphatic hydroxyl groups excluding tert-OH is 1. The SMILES string of the molecule is C=CCOc1ccc(C(O)=C2C(=O)C(=O)N(CC[NH+](C)C)[C@@H]2c2cccnc2)cc1. The number of ketones is 1. The number of nitrogens with one attached hydrogen (secondary N) is 1. The van der Waals surface area contributed by atoms with Gasteiger partial charge in [-0.2, -0.15) is 0 Å². The molecule has 30 heavy (non-hydrogen) atoms. The summed E-state index contributed by atoms with van der Waals surface area (Å²) >= 11 is 0. The molecule has 2 N–H and O–H groups in total. The Morgan fingerprint density at radius 2 is 2.00 bits per heavy atom. The van der Waals surface area contributed by atoms with Gasteiger partial charge in [0.25, 0.3) is 11.7 Å². The number of pyridine rings is 1. The number of carbonyl (C=O) groups is 2. The van der Waals surface area contributed by atoms with Gasteiger partial charge in [-0.25, -0.2) is 0 Å². The maximum absolute atomic E-state index is 12.9. The summed E-state index contributed by atoms with van der Waals surface area (Å²) in [5.74, 6) is -0.901. The third kappa shape index (κ3) is 4.41. The van der Waals surface area contributed by atoms with Crippen molar-refractivity contribution in [2.24, 2.45) is 0 Å². The highest BCUT2D eigenvalue weighted by Gasteiger charge is 2.46. The molecule has 1 saturated heterocycles. The fourth-order valence-corrected chi connectivity index (χ4v) is 3.36. The van der Waals surface area contributed by atoms with Crippen LogP contribution < -0.4 is 9.64 Å². The van der Waals surface area contributed by atoms with Crippen LogP contribution in [0.5, 0.6) is 5.75 Å². The molecule has 1 aromatic carbocycles. The largest absolute Gasteiger partial charge is 0.507 e. The molecule has 2 aromatic rings. The van der Waals surface area contributed by atoms with E-state index in [0.717, 1.165) is 4.90 Å². The number of Topliss-reactive ketones (excluding diaryl/α,β-unsaturated/α-hetero) is 1. The Labute approximate surface area is 175 Å². The number of aliphatic hydroxyl groups is 1. The van der Waals surface area contributed by atoms with Crippen molar-refractivity contribution in [3.05, 3.63) is 78.1 Å². The molecule has 1 amide bonds. The van der Waals surface area contributed by atoms with Crippen LogP contribution in [0.3, 0.4) is 0 Å². The van der Waals surface area contributed by atoms with Crippen molar-refractivity contribution < 1.29 is 24.3 Å². The Balaban J connectivity index is 2.03. The van der Waals surface area contributed by atoms with Crippen LogP contribution in [0.2, 0.25) is 0 Å². The van der Waals surface area contributed by atoms with Crippen LogP contribution in [0.15, 0.2) is 67.0 Å². The van der Waals surface area contributed by atoms with E-state index in [1.807, 2.05) is 14.1 Å². The van der Waals surface area contributed by atoms with E-state index in [1.165, 1.54) is 4.90 Å².